The quantitative estimate of drug-likeness (QED) is 0.778. The molecule has 0 radical (unpaired) electrons. The molecule has 0 atom stereocenters. The second-order valence-corrected chi connectivity index (χ2v) is 5.06. The van der Waals surface area contributed by atoms with Gasteiger partial charge in [-0.05, 0) is 24.3 Å². The van der Waals surface area contributed by atoms with E-state index in [1.54, 1.807) is 28.8 Å². The first-order chi connectivity index (χ1) is 9.54. The highest BCUT2D eigenvalue weighted by molar-refractivity contribution is 6.42. The number of aromatic carboxylic acids is 1. The summed E-state index contributed by atoms with van der Waals surface area (Å²) in [5.41, 5.74) is 2.39. The van der Waals surface area contributed by atoms with Crippen LogP contribution in [0.15, 0.2) is 42.7 Å². The predicted molar refractivity (Wildman–Crippen MR) is 77.6 cm³/mol. The van der Waals surface area contributed by atoms with Crippen molar-refractivity contribution in [2.75, 3.05) is 0 Å². The van der Waals surface area contributed by atoms with Crippen LogP contribution < -0.4 is 0 Å². The van der Waals surface area contributed by atoms with Crippen LogP contribution in [0.1, 0.15) is 10.4 Å². The van der Waals surface area contributed by atoms with Crippen molar-refractivity contribution in [3.05, 3.63) is 58.3 Å². The number of imidazole rings is 1. The van der Waals surface area contributed by atoms with E-state index in [1.807, 2.05) is 6.07 Å². The van der Waals surface area contributed by atoms with Crippen molar-refractivity contribution in [1.29, 1.82) is 0 Å². The Bertz CT molecular complexity index is 827. The van der Waals surface area contributed by atoms with E-state index in [1.165, 1.54) is 12.3 Å². The summed E-state index contributed by atoms with van der Waals surface area (Å²) in [5.74, 6) is -0.975. The molecule has 0 fully saturated rings. The van der Waals surface area contributed by atoms with Gasteiger partial charge in [-0.15, -0.1) is 0 Å². The molecule has 4 nitrogen and oxygen atoms in total. The summed E-state index contributed by atoms with van der Waals surface area (Å²) in [6, 6.07) is 8.41. The SMILES string of the molecule is O=C(O)c1ccc2nc(-c3ccc(Cl)c(Cl)c3)cn2c1. The third-order valence-electron chi connectivity index (χ3n) is 2.91. The van der Waals surface area contributed by atoms with Gasteiger partial charge in [-0.25, -0.2) is 9.78 Å². The highest BCUT2D eigenvalue weighted by Crippen LogP contribution is 2.28. The Labute approximate surface area is 124 Å². The molecule has 3 rings (SSSR count). The van der Waals surface area contributed by atoms with Crippen molar-refractivity contribution in [3.8, 4) is 11.3 Å². The number of halogens is 2. The molecule has 0 unspecified atom stereocenters. The Morgan fingerprint density at radius 2 is 1.90 bits per heavy atom. The minimum Gasteiger partial charge on any atom is -0.478 e. The van der Waals surface area contributed by atoms with Gasteiger partial charge in [0.1, 0.15) is 5.65 Å². The van der Waals surface area contributed by atoms with Crippen LogP contribution in [0.4, 0.5) is 0 Å². The van der Waals surface area contributed by atoms with E-state index in [0.29, 0.717) is 21.4 Å². The second kappa shape index (κ2) is 4.81. The highest BCUT2D eigenvalue weighted by atomic mass is 35.5. The molecule has 6 heteroatoms. The van der Waals surface area contributed by atoms with Crippen LogP contribution in [0.25, 0.3) is 16.9 Å². The van der Waals surface area contributed by atoms with E-state index in [9.17, 15) is 4.79 Å². The molecule has 0 aliphatic carbocycles. The summed E-state index contributed by atoms with van der Waals surface area (Å²) in [6.07, 6.45) is 3.27. The molecule has 0 saturated heterocycles. The van der Waals surface area contributed by atoms with E-state index in [-0.39, 0.29) is 5.56 Å². The van der Waals surface area contributed by atoms with Crippen molar-refractivity contribution in [3.63, 3.8) is 0 Å². The molecule has 0 bridgehead atoms. The number of carboxylic acids is 1. The van der Waals surface area contributed by atoms with Gasteiger partial charge >= 0.3 is 5.97 Å². The number of hydrogen-bond donors (Lipinski definition) is 1. The summed E-state index contributed by atoms with van der Waals surface area (Å²) in [4.78, 5) is 15.4. The second-order valence-electron chi connectivity index (χ2n) is 4.24. The topological polar surface area (TPSA) is 54.6 Å². The zero-order valence-corrected chi connectivity index (χ0v) is 11.6. The van der Waals surface area contributed by atoms with E-state index >= 15 is 0 Å². The Hall–Kier alpha value is -2.04. The van der Waals surface area contributed by atoms with Crippen molar-refractivity contribution >= 4 is 34.8 Å². The summed E-state index contributed by atoms with van der Waals surface area (Å²) in [7, 11) is 0. The third-order valence-corrected chi connectivity index (χ3v) is 3.65. The lowest BCUT2D eigenvalue weighted by Crippen LogP contribution is -1.97. The monoisotopic (exact) mass is 306 g/mol. The molecule has 0 aliphatic heterocycles. The van der Waals surface area contributed by atoms with Crippen LogP contribution in [-0.4, -0.2) is 20.5 Å². The minimum absolute atomic E-state index is 0.204. The van der Waals surface area contributed by atoms with Gasteiger partial charge in [-0.3, -0.25) is 0 Å². The maximum atomic E-state index is 10.9. The maximum absolute atomic E-state index is 10.9. The van der Waals surface area contributed by atoms with Gasteiger partial charge in [0.2, 0.25) is 0 Å². The number of aromatic nitrogens is 2. The number of nitrogens with zero attached hydrogens (tertiary/aromatic N) is 2. The normalized spacial score (nSPS) is 10.9. The number of carbonyl (C=O) groups is 1. The van der Waals surface area contributed by atoms with Crippen LogP contribution >= 0.6 is 23.2 Å². The summed E-state index contributed by atoms with van der Waals surface area (Å²) >= 11 is 11.9. The zero-order chi connectivity index (χ0) is 14.3. The number of benzene rings is 1. The van der Waals surface area contributed by atoms with E-state index in [0.717, 1.165) is 5.56 Å². The predicted octanol–water partition coefficient (Wildman–Crippen LogP) is 4.01. The Kier molecular flexibility index (Phi) is 3.12. The highest BCUT2D eigenvalue weighted by Gasteiger charge is 2.09. The van der Waals surface area contributed by atoms with Crippen molar-refractivity contribution in [2.24, 2.45) is 0 Å². The van der Waals surface area contributed by atoms with Crippen LogP contribution in [0.2, 0.25) is 10.0 Å². The van der Waals surface area contributed by atoms with E-state index in [2.05, 4.69) is 4.98 Å². The van der Waals surface area contributed by atoms with E-state index < -0.39 is 5.97 Å². The Balaban J connectivity index is 2.12. The lowest BCUT2D eigenvalue weighted by atomic mass is 10.2. The van der Waals surface area contributed by atoms with Crippen LogP contribution in [0.3, 0.4) is 0 Å². The van der Waals surface area contributed by atoms with Gasteiger partial charge in [-0.1, -0.05) is 29.3 Å². The maximum Gasteiger partial charge on any atom is 0.337 e. The molecule has 0 amide bonds. The van der Waals surface area contributed by atoms with Gasteiger partial charge in [0.25, 0.3) is 0 Å². The molecule has 0 aliphatic rings. The van der Waals surface area contributed by atoms with Crippen LogP contribution in [0, 0.1) is 0 Å². The average molecular weight is 307 g/mol. The fraction of sp³-hybridized carbons (Fsp3) is 0. The molecular formula is C14H8Cl2N2O2. The van der Waals surface area contributed by atoms with Crippen LogP contribution in [-0.2, 0) is 0 Å². The van der Waals surface area contributed by atoms with Gasteiger partial charge < -0.3 is 9.51 Å². The molecular weight excluding hydrogens is 299 g/mol. The summed E-state index contributed by atoms with van der Waals surface area (Å²) in [5, 5.41) is 9.90. The molecule has 100 valence electrons. The summed E-state index contributed by atoms with van der Waals surface area (Å²) in [6.45, 7) is 0. The minimum atomic E-state index is -0.975. The third kappa shape index (κ3) is 2.24. The van der Waals surface area contributed by atoms with E-state index in [4.69, 9.17) is 28.3 Å². The van der Waals surface area contributed by atoms with Crippen molar-refractivity contribution < 1.29 is 9.90 Å². The van der Waals surface area contributed by atoms with Crippen molar-refractivity contribution in [2.45, 2.75) is 0 Å². The average Bonchev–Trinajstić information content (AvgIpc) is 2.84. The Morgan fingerprint density at radius 1 is 1.10 bits per heavy atom. The zero-order valence-electron chi connectivity index (χ0n) is 10.0. The lowest BCUT2D eigenvalue weighted by Gasteiger charge is -1.98. The fourth-order valence-corrected chi connectivity index (χ4v) is 2.21. The number of carboxylic acid groups (broad SMARTS) is 1. The van der Waals surface area contributed by atoms with Gasteiger partial charge in [0.15, 0.2) is 0 Å². The first kappa shape index (κ1) is 13.0. The molecule has 0 spiro atoms. The first-order valence-electron chi connectivity index (χ1n) is 5.72. The summed E-state index contributed by atoms with van der Waals surface area (Å²) < 4.78 is 1.67. The number of rotatable bonds is 2. The molecule has 1 N–H and O–H groups in total. The molecule has 2 heterocycles. The van der Waals surface area contributed by atoms with Crippen molar-refractivity contribution in [1.82, 2.24) is 9.38 Å². The Morgan fingerprint density at radius 3 is 2.60 bits per heavy atom. The number of hydrogen-bond acceptors (Lipinski definition) is 2. The molecule has 3 aromatic rings. The molecule has 0 saturated carbocycles. The van der Waals surface area contributed by atoms with Gasteiger partial charge in [0.05, 0.1) is 21.3 Å². The van der Waals surface area contributed by atoms with Gasteiger partial charge in [0, 0.05) is 18.0 Å². The fourth-order valence-electron chi connectivity index (χ4n) is 1.91. The first-order valence-corrected chi connectivity index (χ1v) is 6.47. The van der Waals surface area contributed by atoms with Gasteiger partial charge in [-0.2, -0.15) is 0 Å². The molecule has 2 aromatic heterocycles. The largest absolute Gasteiger partial charge is 0.478 e. The molecule has 20 heavy (non-hydrogen) atoms. The number of pyridine rings is 1. The standard InChI is InChI=1S/C14H8Cl2N2O2/c15-10-3-1-8(5-11(10)16)12-7-18-6-9(14(19)20)2-4-13(18)17-12/h1-7H,(H,19,20). The molecule has 1 aromatic carbocycles. The van der Waals surface area contributed by atoms with Crippen LogP contribution in [0.5, 0.6) is 0 Å². The smallest absolute Gasteiger partial charge is 0.337 e. The lowest BCUT2D eigenvalue weighted by molar-refractivity contribution is 0.0696. The number of fused-ring (bicyclic) bond motifs is 1.